The van der Waals surface area contributed by atoms with Crippen LogP contribution in [0.5, 0.6) is 0 Å². The first kappa shape index (κ1) is 52.1. The van der Waals surface area contributed by atoms with Gasteiger partial charge in [0.05, 0.1) is 19.8 Å². The lowest BCUT2D eigenvalue weighted by Crippen LogP contribution is -2.60. The lowest BCUT2D eigenvalue weighted by atomic mass is 9.99. The highest BCUT2D eigenvalue weighted by atomic mass is 32.3. The molecule has 4 N–H and O–H groups in total. The van der Waals surface area contributed by atoms with Crippen LogP contribution in [0.4, 0.5) is 0 Å². The van der Waals surface area contributed by atoms with E-state index in [4.69, 9.17) is 23.5 Å². The molecular formula is C42H82O12S. The monoisotopic (exact) mass is 811 g/mol. The molecule has 6 atom stereocenters. The number of hydrogen-bond acceptors (Lipinski definition) is 11. The average molecular weight is 811 g/mol. The van der Waals surface area contributed by atoms with Gasteiger partial charge in [-0.2, -0.15) is 8.42 Å². The zero-order chi connectivity index (χ0) is 40.4. The van der Waals surface area contributed by atoms with Crippen LogP contribution in [0.1, 0.15) is 200 Å². The third kappa shape index (κ3) is 29.0. The summed E-state index contributed by atoms with van der Waals surface area (Å²) < 4.78 is 58.9. The summed E-state index contributed by atoms with van der Waals surface area (Å²) in [5.74, 6) is -0.400. The Hall–Kier alpha value is -0.900. The second kappa shape index (κ2) is 35.1. The highest BCUT2D eigenvalue weighted by molar-refractivity contribution is 7.80. The highest BCUT2D eigenvalue weighted by Gasteiger charge is 2.48. The minimum Gasteiger partial charge on any atom is -0.457 e. The largest absolute Gasteiger partial charge is 0.457 e. The third-order valence-electron chi connectivity index (χ3n) is 10.5. The molecule has 0 bridgehead atoms. The van der Waals surface area contributed by atoms with E-state index in [9.17, 15) is 28.5 Å². The quantitative estimate of drug-likeness (QED) is 0.0264. The number of rotatable bonds is 39. The van der Waals surface area contributed by atoms with Crippen LogP contribution in [-0.4, -0.2) is 97.5 Å². The lowest BCUT2D eigenvalue weighted by Gasteiger charge is -2.41. The molecule has 328 valence electrons. The first-order valence-corrected chi connectivity index (χ1v) is 23.7. The van der Waals surface area contributed by atoms with E-state index in [0.29, 0.717) is 13.0 Å². The smallest absolute Gasteiger partial charge is 0.397 e. The van der Waals surface area contributed by atoms with E-state index >= 15 is 0 Å². The van der Waals surface area contributed by atoms with Gasteiger partial charge in [-0.1, -0.05) is 181 Å². The summed E-state index contributed by atoms with van der Waals surface area (Å²) in [6, 6.07) is 0. The summed E-state index contributed by atoms with van der Waals surface area (Å²) in [7, 11) is -5.05. The summed E-state index contributed by atoms with van der Waals surface area (Å²) in [5, 5.41) is 30.6. The molecule has 55 heavy (non-hydrogen) atoms. The van der Waals surface area contributed by atoms with E-state index < -0.39 is 59.8 Å². The van der Waals surface area contributed by atoms with E-state index in [1.807, 2.05) is 0 Å². The normalized spacial score (nSPS) is 20.9. The van der Waals surface area contributed by atoms with Gasteiger partial charge in [-0.15, -0.1) is 0 Å². The maximum absolute atomic E-state index is 12.7. The second-order valence-electron chi connectivity index (χ2n) is 15.7. The Morgan fingerprint density at radius 1 is 0.618 bits per heavy atom. The Labute approximate surface area is 335 Å². The van der Waals surface area contributed by atoms with Crippen LogP contribution in [0.25, 0.3) is 0 Å². The van der Waals surface area contributed by atoms with Gasteiger partial charge >= 0.3 is 16.4 Å². The lowest BCUT2D eigenvalue weighted by molar-refractivity contribution is -0.301. The molecule has 0 aromatic heterocycles. The summed E-state index contributed by atoms with van der Waals surface area (Å²) in [6.45, 7) is 3.98. The molecule has 0 aromatic rings. The number of carbonyl (C=O) groups excluding carboxylic acids is 1. The second-order valence-corrected chi connectivity index (χ2v) is 16.7. The molecule has 0 aromatic carbocycles. The molecule has 1 rings (SSSR count). The van der Waals surface area contributed by atoms with Gasteiger partial charge in [0.25, 0.3) is 0 Å². The van der Waals surface area contributed by atoms with E-state index in [-0.39, 0.29) is 19.6 Å². The fraction of sp³-hybridized carbons (Fsp3) is 0.976. The van der Waals surface area contributed by atoms with Crippen LogP contribution < -0.4 is 0 Å². The number of aliphatic hydroxyl groups excluding tert-OH is 3. The van der Waals surface area contributed by atoms with Gasteiger partial charge in [0.15, 0.2) is 6.29 Å². The maximum atomic E-state index is 12.7. The van der Waals surface area contributed by atoms with Crippen molar-refractivity contribution in [3.05, 3.63) is 0 Å². The Bertz CT molecular complexity index is 984. The van der Waals surface area contributed by atoms with Crippen molar-refractivity contribution >= 4 is 16.4 Å². The van der Waals surface area contributed by atoms with Crippen LogP contribution in [-0.2, 0) is 38.3 Å². The van der Waals surface area contributed by atoms with Gasteiger partial charge < -0.3 is 34.3 Å². The predicted molar refractivity (Wildman–Crippen MR) is 216 cm³/mol. The number of esters is 1. The third-order valence-corrected chi connectivity index (χ3v) is 10.9. The molecular weight excluding hydrogens is 729 g/mol. The van der Waals surface area contributed by atoms with E-state index in [1.165, 1.54) is 135 Å². The van der Waals surface area contributed by atoms with Crippen molar-refractivity contribution in [3.8, 4) is 0 Å². The Balaban J connectivity index is 2.33. The number of hydrogen-bond donors (Lipinski definition) is 4. The van der Waals surface area contributed by atoms with Crippen molar-refractivity contribution in [3.63, 3.8) is 0 Å². The first-order valence-electron chi connectivity index (χ1n) is 22.3. The average Bonchev–Trinajstić information content (AvgIpc) is 3.15. The van der Waals surface area contributed by atoms with Gasteiger partial charge in [0.2, 0.25) is 0 Å². The van der Waals surface area contributed by atoms with Crippen molar-refractivity contribution in [2.75, 3.05) is 26.4 Å². The van der Waals surface area contributed by atoms with Crippen molar-refractivity contribution in [1.29, 1.82) is 0 Å². The first-order chi connectivity index (χ1) is 26.6. The van der Waals surface area contributed by atoms with Gasteiger partial charge in [-0.3, -0.25) is 9.35 Å². The van der Waals surface area contributed by atoms with Gasteiger partial charge in [-0.25, -0.2) is 4.18 Å². The zero-order valence-corrected chi connectivity index (χ0v) is 35.6. The molecule has 1 aliphatic heterocycles. The minimum absolute atomic E-state index is 0.0438. The molecule has 0 saturated carbocycles. The number of aliphatic hydroxyl groups is 3. The SMILES string of the molecule is CCCCCCCCCCCCCCCCCCCCCCOCC(COC1OC(CO)C(O)C(OS(=O)(=O)O)C1O)OC(=O)CCCCCCCCCC. The van der Waals surface area contributed by atoms with Crippen molar-refractivity contribution < 1.29 is 56.2 Å². The highest BCUT2D eigenvalue weighted by Crippen LogP contribution is 2.26. The molecule has 13 heteroatoms. The van der Waals surface area contributed by atoms with Crippen LogP contribution in [0.3, 0.4) is 0 Å². The van der Waals surface area contributed by atoms with E-state index in [0.717, 1.165) is 38.5 Å². The number of unbranched alkanes of at least 4 members (excludes halogenated alkanes) is 26. The summed E-state index contributed by atoms with van der Waals surface area (Å²) >= 11 is 0. The van der Waals surface area contributed by atoms with Crippen molar-refractivity contribution in [2.24, 2.45) is 0 Å². The molecule has 0 radical (unpaired) electrons. The van der Waals surface area contributed by atoms with E-state index in [2.05, 4.69) is 18.0 Å². The van der Waals surface area contributed by atoms with Crippen molar-refractivity contribution in [1.82, 2.24) is 0 Å². The molecule has 1 heterocycles. The van der Waals surface area contributed by atoms with Crippen molar-refractivity contribution in [2.45, 2.75) is 237 Å². The zero-order valence-electron chi connectivity index (χ0n) is 34.8. The number of carbonyl (C=O) groups is 1. The fourth-order valence-electron chi connectivity index (χ4n) is 7.09. The molecule has 12 nitrogen and oxygen atoms in total. The molecule has 0 amide bonds. The van der Waals surface area contributed by atoms with Crippen LogP contribution >= 0.6 is 0 Å². The molecule has 1 fully saturated rings. The Morgan fingerprint density at radius 3 is 1.45 bits per heavy atom. The molecule has 1 saturated heterocycles. The minimum atomic E-state index is -5.05. The molecule has 1 aliphatic rings. The maximum Gasteiger partial charge on any atom is 0.397 e. The standard InChI is InChI=1S/C42H82O12S/c1-3-5-7-9-11-13-14-15-16-17-18-19-20-21-22-23-24-26-28-30-32-50-34-36(52-38(44)31-29-27-25-12-10-8-6-4-2)35-51-42-40(46)41(54-55(47,48)49)39(45)37(33-43)53-42/h36-37,39-43,45-46H,3-35H2,1-2H3,(H,47,48,49). The summed E-state index contributed by atoms with van der Waals surface area (Å²) in [6.07, 6.45) is 25.9. The fourth-order valence-corrected chi connectivity index (χ4v) is 7.59. The van der Waals surface area contributed by atoms with Crippen LogP contribution in [0.2, 0.25) is 0 Å². The molecule has 0 aliphatic carbocycles. The van der Waals surface area contributed by atoms with E-state index in [1.54, 1.807) is 0 Å². The Kier molecular flexibility index (Phi) is 33.2. The number of ether oxygens (including phenoxy) is 4. The van der Waals surface area contributed by atoms with Gasteiger partial charge in [0, 0.05) is 13.0 Å². The molecule has 6 unspecified atom stereocenters. The predicted octanol–water partition coefficient (Wildman–Crippen LogP) is 8.91. The summed E-state index contributed by atoms with van der Waals surface area (Å²) in [4.78, 5) is 12.7. The molecule has 0 spiro atoms. The Morgan fingerprint density at radius 2 is 1.04 bits per heavy atom. The van der Waals surface area contributed by atoms with Crippen LogP contribution in [0, 0.1) is 0 Å². The topological polar surface area (TPSA) is 178 Å². The van der Waals surface area contributed by atoms with Crippen LogP contribution in [0.15, 0.2) is 0 Å². The van der Waals surface area contributed by atoms with Gasteiger partial charge in [-0.05, 0) is 12.8 Å². The van der Waals surface area contributed by atoms with Gasteiger partial charge in [0.1, 0.15) is 30.5 Å². The summed E-state index contributed by atoms with van der Waals surface area (Å²) in [5.41, 5.74) is 0.